The molecular weight excluding hydrogens is 208 g/mol. The highest BCUT2D eigenvalue weighted by molar-refractivity contribution is 5.55. The van der Waals surface area contributed by atoms with E-state index in [1.54, 1.807) is 0 Å². The van der Waals surface area contributed by atoms with Gasteiger partial charge in [0.1, 0.15) is 0 Å². The maximum absolute atomic E-state index is 7.20. The van der Waals surface area contributed by atoms with E-state index in [1.807, 2.05) is 18.2 Å². The molecule has 88 valence electrons. The van der Waals surface area contributed by atoms with Crippen LogP contribution in [0.4, 0.5) is 0 Å². The van der Waals surface area contributed by atoms with Crippen molar-refractivity contribution in [3.8, 4) is 0 Å². The first-order valence-electron chi connectivity index (χ1n) is 6.18. The summed E-state index contributed by atoms with van der Waals surface area (Å²) in [6, 6.07) is 10.5. The molecule has 1 aliphatic rings. The molecule has 0 spiro atoms. The zero-order valence-corrected chi connectivity index (χ0v) is 10.1. The van der Waals surface area contributed by atoms with E-state index in [2.05, 4.69) is 29.7 Å². The predicted molar refractivity (Wildman–Crippen MR) is 71.5 cm³/mol. The summed E-state index contributed by atoms with van der Waals surface area (Å²) in [7, 11) is 0. The lowest BCUT2D eigenvalue weighted by atomic mass is 9.75. The molecule has 2 rings (SSSR count). The van der Waals surface area contributed by atoms with Gasteiger partial charge in [-0.1, -0.05) is 56.2 Å². The number of benzene rings is 1. The highest BCUT2D eigenvalue weighted by Gasteiger charge is 2.34. The summed E-state index contributed by atoms with van der Waals surface area (Å²) >= 11 is 0. The van der Waals surface area contributed by atoms with Crippen LogP contribution in [0.2, 0.25) is 0 Å². The number of nitrogens with zero attached hydrogens (tertiary/aromatic N) is 1. The molecule has 0 aliphatic heterocycles. The molecular formula is C15H18N2. The van der Waals surface area contributed by atoms with Crippen LogP contribution < -0.4 is 0 Å². The van der Waals surface area contributed by atoms with Crippen molar-refractivity contribution in [3.63, 3.8) is 0 Å². The van der Waals surface area contributed by atoms with E-state index < -0.39 is 0 Å². The summed E-state index contributed by atoms with van der Waals surface area (Å²) in [4.78, 5) is 4.36. The SMILES string of the molecule is C=Cc1ccccc1C1(N=C=N)CCCCC1. The average molecular weight is 226 g/mol. The van der Waals surface area contributed by atoms with E-state index in [9.17, 15) is 0 Å². The summed E-state index contributed by atoms with van der Waals surface area (Å²) in [5.74, 6) is 0. The molecule has 0 atom stereocenters. The van der Waals surface area contributed by atoms with Gasteiger partial charge in [-0.2, -0.15) is 0 Å². The zero-order valence-electron chi connectivity index (χ0n) is 10.1. The quantitative estimate of drug-likeness (QED) is 0.748. The number of rotatable bonds is 3. The Hall–Kier alpha value is -1.66. The van der Waals surface area contributed by atoms with Crippen LogP contribution in [0.15, 0.2) is 35.8 Å². The lowest BCUT2D eigenvalue weighted by Gasteiger charge is -2.34. The molecule has 1 N–H and O–H groups in total. The Morgan fingerprint density at radius 1 is 1.24 bits per heavy atom. The fourth-order valence-electron chi connectivity index (χ4n) is 2.78. The lowest BCUT2D eigenvalue weighted by Crippen LogP contribution is -2.27. The molecule has 1 aliphatic carbocycles. The van der Waals surface area contributed by atoms with E-state index in [4.69, 9.17) is 5.41 Å². The lowest BCUT2D eigenvalue weighted by molar-refractivity contribution is 0.306. The van der Waals surface area contributed by atoms with Crippen molar-refractivity contribution in [2.24, 2.45) is 4.99 Å². The minimum Gasteiger partial charge on any atom is -0.242 e. The fourth-order valence-corrected chi connectivity index (χ4v) is 2.78. The first-order chi connectivity index (χ1) is 8.32. The molecule has 1 aromatic rings. The van der Waals surface area contributed by atoms with Crippen LogP contribution in [-0.4, -0.2) is 6.01 Å². The molecule has 17 heavy (non-hydrogen) atoms. The van der Waals surface area contributed by atoms with Gasteiger partial charge >= 0.3 is 0 Å². The molecule has 2 nitrogen and oxygen atoms in total. The Morgan fingerprint density at radius 3 is 2.59 bits per heavy atom. The second-order valence-electron chi connectivity index (χ2n) is 4.61. The average Bonchev–Trinajstić information content (AvgIpc) is 2.40. The molecule has 2 heteroatoms. The van der Waals surface area contributed by atoms with Gasteiger partial charge in [0.05, 0.1) is 11.5 Å². The number of hydrogen-bond acceptors (Lipinski definition) is 2. The Balaban J connectivity index is 2.51. The first-order valence-corrected chi connectivity index (χ1v) is 6.18. The predicted octanol–water partition coefficient (Wildman–Crippen LogP) is 4.24. The molecule has 0 heterocycles. The third-order valence-electron chi connectivity index (χ3n) is 3.63. The minimum atomic E-state index is -0.231. The van der Waals surface area contributed by atoms with Crippen molar-refractivity contribution in [1.82, 2.24) is 0 Å². The minimum absolute atomic E-state index is 0.231. The van der Waals surface area contributed by atoms with Crippen LogP contribution in [0.3, 0.4) is 0 Å². The smallest absolute Gasteiger partial charge is 0.0971 e. The highest BCUT2D eigenvalue weighted by Crippen LogP contribution is 2.41. The van der Waals surface area contributed by atoms with Crippen molar-refractivity contribution in [2.75, 3.05) is 0 Å². The molecule has 1 saturated carbocycles. The Kier molecular flexibility index (Phi) is 3.55. The van der Waals surface area contributed by atoms with Crippen LogP contribution in [0.1, 0.15) is 43.2 Å². The fraction of sp³-hybridized carbons (Fsp3) is 0.400. The summed E-state index contributed by atoms with van der Waals surface area (Å²) in [6.07, 6.45) is 7.54. The number of nitrogens with one attached hydrogen (secondary N) is 1. The Bertz CT molecular complexity index is 450. The third-order valence-corrected chi connectivity index (χ3v) is 3.63. The van der Waals surface area contributed by atoms with E-state index in [1.165, 1.54) is 24.8 Å². The van der Waals surface area contributed by atoms with Crippen molar-refractivity contribution in [1.29, 1.82) is 5.41 Å². The Morgan fingerprint density at radius 2 is 1.94 bits per heavy atom. The van der Waals surface area contributed by atoms with Gasteiger partial charge in [-0.15, -0.1) is 0 Å². The van der Waals surface area contributed by atoms with Crippen LogP contribution in [0.5, 0.6) is 0 Å². The second-order valence-corrected chi connectivity index (χ2v) is 4.61. The topological polar surface area (TPSA) is 36.2 Å². The van der Waals surface area contributed by atoms with Crippen LogP contribution in [-0.2, 0) is 5.54 Å². The summed E-state index contributed by atoms with van der Waals surface area (Å²) in [6.45, 7) is 3.87. The third kappa shape index (κ3) is 2.22. The molecule has 1 fully saturated rings. The normalized spacial score (nSPS) is 18.1. The summed E-state index contributed by atoms with van der Waals surface area (Å²) in [5.41, 5.74) is 2.10. The van der Waals surface area contributed by atoms with Crippen LogP contribution in [0.25, 0.3) is 6.08 Å². The van der Waals surface area contributed by atoms with E-state index in [0.717, 1.165) is 18.4 Å². The van der Waals surface area contributed by atoms with Crippen molar-refractivity contribution >= 4 is 12.1 Å². The van der Waals surface area contributed by atoms with Gasteiger partial charge < -0.3 is 0 Å². The van der Waals surface area contributed by atoms with Gasteiger partial charge in [0, 0.05) is 0 Å². The summed E-state index contributed by atoms with van der Waals surface area (Å²) in [5, 5.41) is 7.20. The standard InChI is InChI=1S/C15H18N2/c1-2-13-8-4-5-9-14(13)15(17-12-16)10-6-3-7-11-15/h2,4-5,8-9,16H,1,3,6-7,10-11H2. The maximum atomic E-state index is 7.20. The van der Waals surface area contributed by atoms with Crippen molar-refractivity contribution in [2.45, 2.75) is 37.6 Å². The molecule has 0 radical (unpaired) electrons. The molecule has 0 saturated heterocycles. The van der Waals surface area contributed by atoms with Gasteiger partial charge in [0.2, 0.25) is 0 Å². The first kappa shape index (κ1) is 11.8. The van der Waals surface area contributed by atoms with Crippen LogP contribution >= 0.6 is 0 Å². The van der Waals surface area contributed by atoms with Gasteiger partial charge in [-0.25, -0.2) is 10.4 Å². The monoisotopic (exact) mass is 226 g/mol. The Labute approximate surface area is 103 Å². The second kappa shape index (κ2) is 5.11. The molecule has 0 bridgehead atoms. The van der Waals surface area contributed by atoms with Crippen molar-refractivity contribution in [3.05, 3.63) is 42.0 Å². The van der Waals surface area contributed by atoms with Crippen LogP contribution in [0, 0.1) is 5.41 Å². The van der Waals surface area contributed by atoms with Gasteiger partial charge in [0.15, 0.2) is 0 Å². The molecule has 0 amide bonds. The van der Waals surface area contributed by atoms with Crippen molar-refractivity contribution < 1.29 is 0 Å². The van der Waals surface area contributed by atoms with Gasteiger partial charge in [0.25, 0.3) is 0 Å². The summed E-state index contributed by atoms with van der Waals surface area (Å²) < 4.78 is 0. The van der Waals surface area contributed by atoms with Gasteiger partial charge in [-0.3, -0.25) is 0 Å². The maximum Gasteiger partial charge on any atom is 0.0971 e. The molecule has 1 aromatic carbocycles. The van der Waals surface area contributed by atoms with E-state index in [-0.39, 0.29) is 5.54 Å². The zero-order chi connectivity index (χ0) is 12.1. The van der Waals surface area contributed by atoms with E-state index >= 15 is 0 Å². The van der Waals surface area contributed by atoms with Gasteiger partial charge in [-0.05, 0) is 24.0 Å². The molecule has 0 unspecified atom stereocenters. The number of hydrogen-bond donors (Lipinski definition) is 1. The molecule has 0 aromatic heterocycles. The number of aliphatic imine (C=N–C) groups is 1. The van der Waals surface area contributed by atoms with E-state index in [0.29, 0.717) is 0 Å². The highest BCUT2D eigenvalue weighted by atomic mass is 14.9. The largest absolute Gasteiger partial charge is 0.242 e.